The van der Waals surface area contributed by atoms with Crippen molar-refractivity contribution in [2.24, 2.45) is 10.7 Å². The molecule has 0 radical (unpaired) electrons. The van der Waals surface area contributed by atoms with Crippen LogP contribution in [0.15, 0.2) is 59.6 Å². The molecule has 15 heteroatoms. The average Bonchev–Trinajstić information content (AvgIpc) is 3.33. The number of aliphatic imine (C=N–C) groups is 1. The van der Waals surface area contributed by atoms with Crippen LogP contribution >= 0.6 is 11.3 Å². The summed E-state index contributed by atoms with van der Waals surface area (Å²) in [5, 5.41) is 23.7. The molecule has 1 aromatic heterocycles. The summed E-state index contributed by atoms with van der Waals surface area (Å²) in [6.45, 7) is 1.36. The Hall–Kier alpha value is -5.31. The van der Waals surface area contributed by atoms with Crippen LogP contribution in [-0.2, 0) is 28.9 Å². The van der Waals surface area contributed by atoms with Gasteiger partial charge in [0.05, 0.1) is 17.7 Å². The molecule has 3 aromatic rings. The van der Waals surface area contributed by atoms with Gasteiger partial charge in [0.2, 0.25) is 11.8 Å². The van der Waals surface area contributed by atoms with Crippen molar-refractivity contribution in [1.82, 2.24) is 20.5 Å². The summed E-state index contributed by atoms with van der Waals surface area (Å²) in [5.74, 6) is -0.979. The fourth-order valence-electron chi connectivity index (χ4n) is 3.66. The van der Waals surface area contributed by atoms with Crippen LogP contribution < -0.4 is 21.7 Å². The van der Waals surface area contributed by atoms with Crippen LogP contribution in [0.2, 0.25) is 0 Å². The highest BCUT2D eigenvalue weighted by Crippen LogP contribution is 2.25. The molecular weight excluding hydrogens is 578 g/mol. The number of carboxylic acid groups (broad SMARTS) is 2. The van der Waals surface area contributed by atoms with E-state index >= 15 is 0 Å². The number of amides is 5. The minimum Gasteiger partial charge on any atom is -0.465 e. The summed E-state index contributed by atoms with van der Waals surface area (Å²) in [4.78, 5) is 67.5. The maximum Gasteiger partial charge on any atom is 0.409 e. The molecule has 14 nitrogen and oxygen atoms in total. The number of hydrogen-bond donors (Lipinski definition) is 6. The Kier molecular flexibility index (Phi) is 13.3. The Balaban J connectivity index is 0.00000151. The fraction of sp³-hybridized carbons (Fsp3) is 0.250. The summed E-state index contributed by atoms with van der Waals surface area (Å²) in [7, 11) is 3.28. The molecule has 0 aliphatic heterocycles. The number of anilines is 1. The molecule has 0 aliphatic rings. The van der Waals surface area contributed by atoms with Gasteiger partial charge in [0.1, 0.15) is 10.9 Å². The fourth-order valence-corrected chi connectivity index (χ4v) is 4.62. The molecular formula is C28H33N7O7S. The van der Waals surface area contributed by atoms with Gasteiger partial charge in [-0.3, -0.25) is 19.7 Å². The number of thiazole rings is 1. The molecule has 1 atom stereocenters. The van der Waals surface area contributed by atoms with E-state index in [0.717, 1.165) is 28.8 Å². The van der Waals surface area contributed by atoms with Crippen molar-refractivity contribution in [2.45, 2.75) is 32.2 Å². The highest BCUT2D eigenvalue weighted by atomic mass is 32.1. The molecule has 2 aromatic carbocycles. The summed E-state index contributed by atoms with van der Waals surface area (Å²) in [6, 6.07) is 15.8. The average molecular weight is 612 g/mol. The van der Waals surface area contributed by atoms with Crippen molar-refractivity contribution >= 4 is 58.4 Å². The van der Waals surface area contributed by atoms with Gasteiger partial charge in [-0.2, -0.15) is 0 Å². The summed E-state index contributed by atoms with van der Waals surface area (Å²) >= 11 is 1.06. The van der Waals surface area contributed by atoms with Gasteiger partial charge in [-0.1, -0.05) is 53.8 Å². The molecule has 5 amide bonds. The Labute approximate surface area is 251 Å². The van der Waals surface area contributed by atoms with E-state index in [9.17, 15) is 19.2 Å². The second-order valence-electron chi connectivity index (χ2n) is 9.14. The smallest absolute Gasteiger partial charge is 0.409 e. The molecule has 1 heterocycles. The van der Waals surface area contributed by atoms with E-state index in [2.05, 4.69) is 31.7 Å². The monoisotopic (exact) mass is 611 g/mol. The minimum atomic E-state index is -1.33. The van der Waals surface area contributed by atoms with Crippen LogP contribution in [-0.4, -0.2) is 76.5 Å². The lowest BCUT2D eigenvalue weighted by Crippen LogP contribution is -2.47. The Bertz CT molecular complexity index is 1440. The minimum absolute atomic E-state index is 0.235. The number of likely N-dealkylation sites (N-methyl/N-ethyl adjacent to an activating group) is 1. The first-order chi connectivity index (χ1) is 20.3. The highest BCUT2D eigenvalue weighted by Gasteiger charge is 2.26. The van der Waals surface area contributed by atoms with E-state index in [0.29, 0.717) is 40.7 Å². The van der Waals surface area contributed by atoms with E-state index in [1.165, 1.54) is 11.8 Å². The number of nitrogens with two attached hydrogens (primary N) is 1. The van der Waals surface area contributed by atoms with Gasteiger partial charge in [0.25, 0.3) is 5.91 Å². The van der Waals surface area contributed by atoms with Crippen LogP contribution in [0.5, 0.6) is 0 Å². The lowest BCUT2D eigenvalue weighted by atomic mass is 10.0. The molecule has 0 bridgehead atoms. The number of carbonyl (C=O) groups excluding carboxylic acids is 3. The van der Waals surface area contributed by atoms with E-state index < -0.39 is 24.1 Å². The van der Waals surface area contributed by atoms with Gasteiger partial charge in [-0.25, -0.2) is 19.6 Å². The van der Waals surface area contributed by atoms with Crippen molar-refractivity contribution in [2.75, 3.05) is 19.4 Å². The summed E-state index contributed by atoms with van der Waals surface area (Å²) in [5.41, 5.74) is 6.97. The van der Waals surface area contributed by atoms with Crippen LogP contribution in [0.4, 0.5) is 20.4 Å². The van der Waals surface area contributed by atoms with Crippen LogP contribution in [0.25, 0.3) is 0 Å². The maximum absolute atomic E-state index is 13.4. The number of benzene rings is 2. The third kappa shape index (κ3) is 12.4. The van der Waals surface area contributed by atoms with E-state index in [-0.39, 0.29) is 11.8 Å². The third-order valence-corrected chi connectivity index (χ3v) is 6.51. The molecule has 7 N–H and O–H groups in total. The van der Waals surface area contributed by atoms with Gasteiger partial charge >= 0.3 is 12.2 Å². The molecule has 0 saturated carbocycles. The largest absolute Gasteiger partial charge is 0.465 e. The maximum atomic E-state index is 13.4. The van der Waals surface area contributed by atoms with Crippen LogP contribution in [0.1, 0.15) is 33.4 Å². The molecule has 0 unspecified atom stereocenters. The highest BCUT2D eigenvalue weighted by molar-refractivity contribution is 7.17. The predicted molar refractivity (Wildman–Crippen MR) is 162 cm³/mol. The zero-order valence-electron chi connectivity index (χ0n) is 23.7. The number of hydrogen-bond acceptors (Lipinski definition) is 8. The van der Waals surface area contributed by atoms with E-state index in [1.54, 1.807) is 26.2 Å². The molecule has 0 aliphatic carbocycles. The van der Waals surface area contributed by atoms with E-state index in [1.807, 2.05) is 42.5 Å². The van der Waals surface area contributed by atoms with Crippen molar-refractivity contribution < 1.29 is 34.2 Å². The zero-order chi connectivity index (χ0) is 31.9. The first-order valence-electron chi connectivity index (χ1n) is 12.8. The van der Waals surface area contributed by atoms with Crippen LogP contribution in [0, 0.1) is 0 Å². The predicted octanol–water partition coefficient (Wildman–Crippen LogP) is 2.87. The number of nitrogens with zero attached hydrogens (tertiary/aromatic N) is 3. The van der Waals surface area contributed by atoms with Gasteiger partial charge in [0, 0.05) is 27.4 Å². The molecule has 228 valence electrons. The standard InChI is InChI=1S/C27H30N6O5S.CH3NO2/c1-17(34)30-26-32-21(14-11-18-9-12-20(13-10-18)28-16-29-27(37)38)23(39-26)24(35)31-22(25(36)33(2)3)15-19-7-5-4-6-8-19;2-1(3)4/h4-10,12-13,16,22H,11,14-15H2,1-3H3,(H,28,29)(H,31,35)(H,37,38)(H,30,32,34);2H2,(H,3,4)/t22-;/m0./s1. The van der Waals surface area contributed by atoms with Gasteiger partial charge < -0.3 is 31.5 Å². The lowest BCUT2D eigenvalue weighted by Gasteiger charge is -2.22. The summed E-state index contributed by atoms with van der Waals surface area (Å²) in [6.07, 6.45) is -0.160. The number of nitrogens with one attached hydrogen (secondary N) is 3. The molecule has 3 rings (SSSR count). The summed E-state index contributed by atoms with van der Waals surface area (Å²) < 4.78 is 0. The number of primary amides is 1. The van der Waals surface area contributed by atoms with Crippen LogP contribution in [0.3, 0.4) is 0 Å². The van der Waals surface area contributed by atoms with Crippen molar-refractivity contribution in [3.63, 3.8) is 0 Å². The first-order valence-corrected chi connectivity index (χ1v) is 13.6. The van der Waals surface area contributed by atoms with Gasteiger partial charge in [0.15, 0.2) is 5.13 Å². The topological polar surface area (TPSA) is 216 Å². The Morgan fingerprint density at radius 2 is 1.63 bits per heavy atom. The third-order valence-electron chi connectivity index (χ3n) is 5.50. The number of carbonyl (C=O) groups is 5. The second-order valence-corrected chi connectivity index (χ2v) is 10.1. The second kappa shape index (κ2) is 16.8. The van der Waals surface area contributed by atoms with Crippen molar-refractivity contribution in [3.05, 3.63) is 76.3 Å². The van der Waals surface area contributed by atoms with E-state index in [4.69, 9.17) is 15.0 Å². The number of aryl methyl sites for hydroxylation is 2. The van der Waals surface area contributed by atoms with Crippen molar-refractivity contribution in [3.8, 4) is 0 Å². The molecule has 0 spiro atoms. The quantitative estimate of drug-likeness (QED) is 0.140. The normalized spacial score (nSPS) is 11.0. The Morgan fingerprint density at radius 1 is 1.00 bits per heavy atom. The Morgan fingerprint density at radius 3 is 2.19 bits per heavy atom. The zero-order valence-corrected chi connectivity index (χ0v) is 24.6. The molecule has 0 saturated heterocycles. The molecule has 43 heavy (non-hydrogen) atoms. The lowest BCUT2D eigenvalue weighted by molar-refractivity contribution is -0.130. The number of rotatable bonds is 11. The molecule has 0 fully saturated rings. The first kappa shape index (κ1) is 33.9. The van der Waals surface area contributed by atoms with Gasteiger partial charge in [-0.15, -0.1) is 0 Å². The van der Waals surface area contributed by atoms with Crippen molar-refractivity contribution in [1.29, 1.82) is 0 Å². The van der Waals surface area contributed by atoms with Gasteiger partial charge in [-0.05, 0) is 36.1 Å². The SMILES string of the molecule is CC(=O)Nc1nc(CCc2ccc(N=CNC(=O)O)cc2)c(C(=O)N[C@@H](Cc2ccccc2)C(=O)N(C)C)s1.NC(=O)O. The number of aromatic nitrogens is 1.